The fourth-order valence-corrected chi connectivity index (χ4v) is 2.74. The summed E-state index contributed by atoms with van der Waals surface area (Å²) in [6.07, 6.45) is 2.25. The second-order valence-electron chi connectivity index (χ2n) is 5.32. The molecule has 0 aliphatic rings. The highest BCUT2D eigenvalue weighted by Crippen LogP contribution is 2.22. The van der Waals surface area contributed by atoms with Gasteiger partial charge in [0.2, 0.25) is 0 Å². The molecule has 0 bridgehead atoms. The van der Waals surface area contributed by atoms with Crippen molar-refractivity contribution in [2.24, 2.45) is 0 Å². The van der Waals surface area contributed by atoms with Gasteiger partial charge >= 0.3 is 0 Å². The lowest BCUT2D eigenvalue weighted by Crippen LogP contribution is -2.25. The SMILES string of the molecule is CCC(c1ccc(F)cc1)n1cnc2ccc(OC)cc2c1=O. The number of fused-ring (bicyclic) bond motifs is 1. The Morgan fingerprint density at radius 1 is 1.22 bits per heavy atom. The van der Waals surface area contributed by atoms with Crippen LogP contribution in [0, 0.1) is 5.82 Å². The number of ether oxygens (including phenoxy) is 1. The summed E-state index contributed by atoms with van der Waals surface area (Å²) in [6.45, 7) is 1.98. The summed E-state index contributed by atoms with van der Waals surface area (Å²) in [5.74, 6) is 0.321. The van der Waals surface area contributed by atoms with Crippen molar-refractivity contribution in [2.45, 2.75) is 19.4 Å². The summed E-state index contributed by atoms with van der Waals surface area (Å²) < 4.78 is 19.9. The zero-order valence-corrected chi connectivity index (χ0v) is 13.0. The van der Waals surface area contributed by atoms with E-state index in [9.17, 15) is 9.18 Å². The molecular weight excluding hydrogens is 295 g/mol. The molecule has 4 nitrogen and oxygen atoms in total. The number of benzene rings is 2. The second-order valence-corrected chi connectivity index (χ2v) is 5.32. The van der Waals surface area contributed by atoms with Crippen molar-refractivity contribution in [3.8, 4) is 5.75 Å². The van der Waals surface area contributed by atoms with Crippen LogP contribution in [0.5, 0.6) is 5.75 Å². The third kappa shape index (κ3) is 2.82. The van der Waals surface area contributed by atoms with Crippen LogP contribution in [0.1, 0.15) is 24.9 Å². The molecule has 1 unspecified atom stereocenters. The summed E-state index contributed by atoms with van der Waals surface area (Å²) in [5.41, 5.74) is 1.37. The molecule has 0 amide bonds. The van der Waals surface area contributed by atoms with Gasteiger partial charge in [-0.05, 0) is 42.3 Å². The van der Waals surface area contributed by atoms with E-state index in [-0.39, 0.29) is 17.4 Å². The molecule has 118 valence electrons. The Labute approximate surface area is 133 Å². The number of rotatable bonds is 4. The Kier molecular flexibility index (Phi) is 4.10. The maximum atomic E-state index is 13.1. The second kappa shape index (κ2) is 6.20. The van der Waals surface area contributed by atoms with E-state index >= 15 is 0 Å². The molecule has 0 fully saturated rings. The van der Waals surface area contributed by atoms with Gasteiger partial charge in [-0.1, -0.05) is 19.1 Å². The van der Waals surface area contributed by atoms with Gasteiger partial charge in [-0.3, -0.25) is 9.36 Å². The van der Waals surface area contributed by atoms with Gasteiger partial charge < -0.3 is 4.74 Å². The maximum Gasteiger partial charge on any atom is 0.261 e. The monoisotopic (exact) mass is 312 g/mol. The summed E-state index contributed by atoms with van der Waals surface area (Å²) in [7, 11) is 1.56. The molecule has 5 heteroatoms. The molecule has 0 radical (unpaired) electrons. The van der Waals surface area contributed by atoms with Crippen LogP contribution in [0.25, 0.3) is 10.9 Å². The zero-order chi connectivity index (χ0) is 16.4. The highest BCUT2D eigenvalue weighted by atomic mass is 19.1. The number of methoxy groups -OCH3 is 1. The minimum absolute atomic E-state index is 0.134. The van der Waals surface area contributed by atoms with Gasteiger partial charge in [0.25, 0.3) is 5.56 Å². The minimum Gasteiger partial charge on any atom is -0.497 e. The van der Waals surface area contributed by atoms with E-state index in [0.717, 1.165) is 5.56 Å². The van der Waals surface area contributed by atoms with Gasteiger partial charge in [-0.25, -0.2) is 9.37 Å². The van der Waals surface area contributed by atoms with Crippen molar-refractivity contribution in [2.75, 3.05) is 7.11 Å². The van der Waals surface area contributed by atoms with E-state index in [2.05, 4.69) is 4.98 Å². The fourth-order valence-electron chi connectivity index (χ4n) is 2.74. The molecule has 3 rings (SSSR count). The Morgan fingerprint density at radius 3 is 2.61 bits per heavy atom. The Hall–Kier alpha value is -2.69. The van der Waals surface area contributed by atoms with Crippen LogP contribution in [0.3, 0.4) is 0 Å². The van der Waals surface area contributed by atoms with E-state index in [4.69, 9.17) is 4.74 Å². The number of aromatic nitrogens is 2. The number of halogens is 1. The van der Waals surface area contributed by atoms with Gasteiger partial charge in [-0.15, -0.1) is 0 Å². The van der Waals surface area contributed by atoms with Crippen LogP contribution in [0.15, 0.2) is 53.6 Å². The van der Waals surface area contributed by atoms with Crippen molar-refractivity contribution in [1.82, 2.24) is 9.55 Å². The van der Waals surface area contributed by atoms with E-state index in [1.54, 1.807) is 48.3 Å². The number of hydrogen-bond donors (Lipinski definition) is 0. The molecule has 1 aromatic heterocycles. The Balaban J connectivity index is 2.15. The van der Waals surface area contributed by atoms with E-state index in [0.29, 0.717) is 23.1 Å². The topological polar surface area (TPSA) is 44.1 Å². The smallest absolute Gasteiger partial charge is 0.261 e. The number of hydrogen-bond acceptors (Lipinski definition) is 3. The third-order valence-electron chi connectivity index (χ3n) is 3.97. The predicted octanol–water partition coefficient (Wildman–Crippen LogP) is 3.54. The average molecular weight is 312 g/mol. The molecule has 0 saturated carbocycles. The highest BCUT2D eigenvalue weighted by Gasteiger charge is 2.15. The van der Waals surface area contributed by atoms with Crippen molar-refractivity contribution >= 4 is 10.9 Å². The molecule has 0 aliphatic heterocycles. The molecule has 0 spiro atoms. The van der Waals surface area contributed by atoms with Crippen molar-refractivity contribution < 1.29 is 9.13 Å². The van der Waals surface area contributed by atoms with Crippen LogP contribution in [-0.2, 0) is 0 Å². The molecule has 0 aliphatic carbocycles. The lowest BCUT2D eigenvalue weighted by atomic mass is 10.0. The molecule has 3 aromatic rings. The maximum absolute atomic E-state index is 13.1. The average Bonchev–Trinajstić information content (AvgIpc) is 2.59. The van der Waals surface area contributed by atoms with Crippen LogP contribution in [0.4, 0.5) is 4.39 Å². The highest BCUT2D eigenvalue weighted by molar-refractivity contribution is 5.78. The first kappa shape index (κ1) is 15.2. The minimum atomic E-state index is -0.294. The molecule has 1 atom stereocenters. The van der Waals surface area contributed by atoms with Gasteiger partial charge in [0.15, 0.2) is 0 Å². The quantitative estimate of drug-likeness (QED) is 0.740. The van der Waals surface area contributed by atoms with Crippen molar-refractivity contribution in [3.63, 3.8) is 0 Å². The van der Waals surface area contributed by atoms with Crippen LogP contribution in [-0.4, -0.2) is 16.7 Å². The lowest BCUT2D eigenvalue weighted by molar-refractivity contribution is 0.415. The summed E-state index contributed by atoms with van der Waals surface area (Å²) in [5, 5.41) is 0.507. The standard InChI is InChI=1S/C18H17FN2O2/c1-3-17(12-4-6-13(19)7-5-12)21-11-20-16-9-8-14(23-2)10-15(16)18(21)22/h4-11,17H,3H2,1-2H3. The summed E-state index contributed by atoms with van der Waals surface area (Å²) in [6, 6.07) is 11.2. The molecule has 2 aromatic carbocycles. The van der Waals surface area contributed by atoms with Gasteiger partial charge in [0.1, 0.15) is 11.6 Å². The normalized spacial score (nSPS) is 12.3. The molecular formula is C18H17FN2O2. The summed E-state index contributed by atoms with van der Waals surface area (Å²) in [4.78, 5) is 17.2. The largest absolute Gasteiger partial charge is 0.497 e. The number of nitrogens with zero attached hydrogens (tertiary/aromatic N) is 2. The van der Waals surface area contributed by atoms with E-state index in [1.807, 2.05) is 6.92 Å². The zero-order valence-electron chi connectivity index (χ0n) is 13.0. The van der Waals surface area contributed by atoms with E-state index in [1.165, 1.54) is 12.1 Å². The van der Waals surface area contributed by atoms with Crippen LogP contribution >= 0.6 is 0 Å². The first-order chi connectivity index (χ1) is 11.1. The fraction of sp³-hybridized carbons (Fsp3) is 0.222. The lowest BCUT2D eigenvalue weighted by Gasteiger charge is -2.19. The molecule has 23 heavy (non-hydrogen) atoms. The molecule has 0 saturated heterocycles. The summed E-state index contributed by atoms with van der Waals surface area (Å²) >= 11 is 0. The third-order valence-corrected chi connectivity index (χ3v) is 3.97. The molecule has 0 N–H and O–H groups in total. The van der Waals surface area contributed by atoms with Crippen molar-refractivity contribution in [3.05, 3.63) is 70.5 Å². The molecule has 1 heterocycles. The Bertz CT molecular complexity index is 888. The first-order valence-electron chi connectivity index (χ1n) is 7.44. The van der Waals surface area contributed by atoms with Crippen molar-refractivity contribution in [1.29, 1.82) is 0 Å². The Morgan fingerprint density at radius 2 is 1.96 bits per heavy atom. The van der Waals surface area contributed by atoms with Crippen LogP contribution in [0.2, 0.25) is 0 Å². The van der Waals surface area contributed by atoms with Gasteiger partial charge in [0, 0.05) is 0 Å². The first-order valence-corrected chi connectivity index (χ1v) is 7.44. The van der Waals surface area contributed by atoms with Gasteiger partial charge in [0.05, 0.1) is 30.4 Å². The predicted molar refractivity (Wildman–Crippen MR) is 87.4 cm³/mol. The van der Waals surface area contributed by atoms with Gasteiger partial charge in [-0.2, -0.15) is 0 Å². The van der Waals surface area contributed by atoms with Crippen LogP contribution < -0.4 is 10.3 Å². The van der Waals surface area contributed by atoms with E-state index < -0.39 is 0 Å².